The summed E-state index contributed by atoms with van der Waals surface area (Å²) < 4.78 is 69.6. The Hall–Kier alpha value is -2.82. The first-order chi connectivity index (χ1) is 15.6. The topological polar surface area (TPSA) is 130 Å². The molecule has 0 aromatic carbocycles. The van der Waals surface area contributed by atoms with Gasteiger partial charge in [-0.25, -0.2) is 17.2 Å². The molecule has 3 aliphatic carbocycles. The number of rotatable bonds is 6. The van der Waals surface area contributed by atoms with Gasteiger partial charge in [-0.1, -0.05) is 25.9 Å². The van der Waals surface area contributed by atoms with Crippen molar-refractivity contribution in [2.45, 2.75) is 82.2 Å². The largest absolute Gasteiger partial charge is 0.746 e. The van der Waals surface area contributed by atoms with Crippen molar-refractivity contribution in [1.82, 2.24) is 4.90 Å². The van der Waals surface area contributed by atoms with Crippen molar-refractivity contribution in [3.8, 4) is 0 Å². The quantitative estimate of drug-likeness (QED) is 0.229. The Morgan fingerprint density at radius 3 is 2.23 bits per heavy atom. The molecule has 2 bridgehead atoms. The zero-order valence-corrected chi connectivity index (χ0v) is 27.2. The van der Waals surface area contributed by atoms with E-state index in [0.717, 1.165) is 19.3 Å². The summed E-state index contributed by atoms with van der Waals surface area (Å²) in [6.45, 7) is 4.88. The molecule has 0 radical (unpaired) electrons. The minimum Gasteiger partial charge on any atom is -0.746 e. The van der Waals surface area contributed by atoms with Crippen LogP contribution >= 0.6 is 0 Å². The van der Waals surface area contributed by atoms with Crippen molar-refractivity contribution < 1.29 is 45.6 Å². The maximum atomic E-state index is 13.5. The fourth-order valence-corrected chi connectivity index (χ4v) is 6.57. The van der Waals surface area contributed by atoms with Gasteiger partial charge < -0.3 is 18.9 Å². The van der Waals surface area contributed by atoms with Gasteiger partial charge in [-0.15, -0.1) is 0 Å². The Morgan fingerprint density at radius 1 is 1.09 bits per heavy atom. The molecule has 4 fully saturated rings. The predicted molar refractivity (Wildman–Crippen MR) is 110 cm³/mol. The number of nitrogens with zero attached hydrogens (tertiary/aromatic N) is 1. The molecule has 35 heavy (non-hydrogen) atoms. The Labute approximate surface area is 197 Å². The van der Waals surface area contributed by atoms with E-state index in [1.165, 1.54) is 0 Å². The second-order valence-electron chi connectivity index (χ2n) is 10.8. The fourth-order valence-electron chi connectivity index (χ4n) is 6.40. The normalized spacial score (nSPS) is 33.0. The van der Waals surface area contributed by atoms with Crippen molar-refractivity contribution in [3.05, 3.63) is 6.61 Å². The molecule has 0 aromatic rings. The number of ether oxygens (including phenoxy) is 2. The van der Waals surface area contributed by atoms with Crippen LogP contribution in [-0.2, 0) is 34.0 Å². The fraction of sp³-hybridized carbons (Fsp3) is 0.818. The number of esters is 2. The smallest absolute Gasteiger partial charge is 0.309 e. The zero-order valence-electron chi connectivity index (χ0n) is 19.9. The molecule has 9 nitrogen and oxygen atoms in total. The average Bonchev–Trinajstić information content (AvgIpc) is 3.34. The van der Waals surface area contributed by atoms with Crippen LogP contribution in [0.3, 0.4) is 0 Å². The first-order valence-corrected chi connectivity index (χ1v) is 13.0. The van der Waals surface area contributed by atoms with E-state index < -0.39 is 63.4 Å². The zero-order chi connectivity index (χ0) is 25.2. The second kappa shape index (κ2) is 8.69. The van der Waals surface area contributed by atoms with Crippen LogP contribution in [0.1, 0.15) is 59.3 Å². The number of carbonyl (C=O) groups is 3. The van der Waals surface area contributed by atoms with Crippen molar-refractivity contribution >= 4 is 28.0 Å². The molecule has 4 aliphatic rings. The van der Waals surface area contributed by atoms with Gasteiger partial charge in [0.15, 0.2) is 0 Å². The van der Waals surface area contributed by atoms with Gasteiger partial charge in [0, 0.05) is 11.5 Å². The molecule has 1 aliphatic heterocycles. The molecule has 4 rings (SSSR count). The van der Waals surface area contributed by atoms with Crippen LogP contribution in [0.2, 0.25) is 0 Å². The van der Waals surface area contributed by atoms with Crippen molar-refractivity contribution in [1.29, 1.82) is 0 Å². The van der Waals surface area contributed by atoms with Gasteiger partial charge in [0.05, 0.1) is 23.8 Å². The molecule has 1 amide bonds. The second-order valence-corrected chi connectivity index (χ2v) is 12.2. The summed E-state index contributed by atoms with van der Waals surface area (Å²) in [5, 5.41) is -4.91. The molecule has 0 N–H and O–H groups in total. The van der Waals surface area contributed by atoms with Crippen LogP contribution in [0.25, 0.3) is 0 Å². The van der Waals surface area contributed by atoms with Gasteiger partial charge in [-0.3, -0.25) is 14.4 Å². The van der Waals surface area contributed by atoms with Crippen molar-refractivity contribution in [2.24, 2.45) is 29.6 Å². The number of hydrogen-bond acceptors (Lipinski definition) is 8. The van der Waals surface area contributed by atoms with E-state index in [-0.39, 0.29) is 23.7 Å². The summed E-state index contributed by atoms with van der Waals surface area (Å²) in [5.74, 6) is -5.24. The number of likely N-dealkylation sites (tertiary alicyclic amines) is 1. The molecule has 194 valence electrons. The Kier molecular flexibility index (Phi) is 6.65. The third-order valence-electron chi connectivity index (χ3n) is 7.70. The monoisotopic (exact) mass is 772 g/mol. The summed E-state index contributed by atoms with van der Waals surface area (Å²) in [5.41, 5.74) is -0.645. The molecule has 0 spiro atoms. The van der Waals surface area contributed by atoms with E-state index in [2.05, 4.69) is 4.74 Å². The van der Waals surface area contributed by atoms with E-state index in [4.69, 9.17) is 4.74 Å². The molecular formula is C22H29F2NO8RfS-2. The Bertz CT molecular complexity index is 978. The first kappa shape index (κ1) is 26.8. The number of alkyl halides is 2. The van der Waals surface area contributed by atoms with Crippen LogP contribution in [0.5, 0.6) is 0 Å². The number of fused-ring (bicyclic) bond motifs is 1. The van der Waals surface area contributed by atoms with Gasteiger partial charge in [0.25, 0.3) is 11.2 Å². The maximum Gasteiger partial charge on any atom is 0.309 e. The maximum absolute atomic E-state index is 13.5. The average molecular weight is 773 g/mol. The van der Waals surface area contributed by atoms with Crippen LogP contribution in [-0.4, -0.2) is 58.7 Å². The molecule has 0 aromatic heterocycles. The molecule has 6 unspecified atom stereocenters. The molecular weight excluding hydrogens is 743 g/mol. The van der Waals surface area contributed by atoms with E-state index >= 15 is 0 Å². The summed E-state index contributed by atoms with van der Waals surface area (Å²) >= 11 is 0. The summed E-state index contributed by atoms with van der Waals surface area (Å²) in [6, 6.07) is -0.438. The van der Waals surface area contributed by atoms with Crippen LogP contribution < -0.4 is 0 Å². The molecule has 6 atom stereocenters. The minimum atomic E-state index is -6.08. The predicted octanol–water partition coefficient (Wildman–Crippen LogP) is 2.21. The first-order valence-electron chi connectivity index (χ1n) is 11.6. The molecule has 1 saturated heterocycles. The van der Waals surface area contributed by atoms with Crippen LogP contribution in [0.4, 0.5) is 8.78 Å². The van der Waals surface area contributed by atoms with Crippen LogP contribution in [0.15, 0.2) is 0 Å². The van der Waals surface area contributed by atoms with E-state index in [1.54, 1.807) is 4.90 Å². The molecule has 1 heterocycles. The van der Waals surface area contributed by atoms with Gasteiger partial charge >= 0.3 is 5.97 Å². The van der Waals surface area contributed by atoms with E-state index in [9.17, 15) is 36.1 Å². The van der Waals surface area contributed by atoms with Gasteiger partial charge in [-0.05, 0) is 46.0 Å². The Balaban J connectivity index is 0.00000342. The van der Waals surface area contributed by atoms with E-state index in [1.807, 2.05) is 20.8 Å². The SMILES string of the molecule is CC(C)(C)N1C(=O)C2C3CC(C(OC(=O)C4CCCCC4)C31)C2C(=O)O[CH-]C(F)(F)S(=O)(=O)[O-].[Rf]. The summed E-state index contributed by atoms with van der Waals surface area (Å²) in [7, 11) is -6.08. The summed E-state index contributed by atoms with van der Waals surface area (Å²) in [4.78, 5) is 40.7. The standard InChI is InChI=1S/C22H30F2NO8S.Rf/c1-21(2,3)25-16-12-9-13(17(16)33-19(27)11-7-5-4-6-8-11)15(14(12)18(25)26)20(28)32-10-22(23,24)34(29,30)31;/h10-17H,4-9H2,1-3H3,(H,29,30,31);/q-1;/p-1. The third-order valence-corrected chi connectivity index (χ3v) is 8.47. The third kappa shape index (κ3) is 4.34. The van der Waals surface area contributed by atoms with Gasteiger partial charge in [-0.2, -0.15) is 0 Å². The number of carbonyl (C=O) groups excluding carboxylic acids is 3. The van der Waals surface area contributed by atoms with Gasteiger partial charge in [0.1, 0.15) is 16.2 Å². The van der Waals surface area contributed by atoms with E-state index in [0.29, 0.717) is 19.3 Å². The number of amides is 1. The minimum absolute atomic E-state index is 0. The molecule has 3 saturated carbocycles. The van der Waals surface area contributed by atoms with Crippen LogP contribution in [0, 0.1) is 36.2 Å². The van der Waals surface area contributed by atoms with Gasteiger partial charge in [0.2, 0.25) is 5.91 Å². The van der Waals surface area contributed by atoms with Crippen molar-refractivity contribution in [2.75, 3.05) is 0 Å². The number of hydrogen-bond donors (Lipinski definition) is 0. The number of halogens is 2. The molecule has 13 heteroatoms. The summed E-state index contributed by atoms with van der Waals surface area (Å²) in [6.07, 6.45) is 3.84. The van der Waals surface area contributed by atoms with Crippen molar-refractivity contribution in [3.63, 3.8) is 0 Å². The Morgan fingerprint density at radius 2 is 1.69 bits per heavy atom.